The summed E-state index contributed by atoms with van der Waals surface area (Å²) in [7, 11) is 0. The zero-order valence-electron chi connectivity index (χ0n) is 10.1. The number of aromatic nitrogens is 1. The largest absolute Gasteiger partial charge is 0.367 e. The third-order valence-corrected chi connectivity index (χ3v) is 3.53. The molecule has 1 N–H and O–H groups in total. The molecule has 1 atom stereocenters. The highest BCUT2D eigenvalue weighted by atomic mass is 16.6. The van der Waals surface area contributed by atoms with Crippen LogP contribution in [0.1, 0.15) is 33.1 Å². The van der Waals surface area contributed by atoms with Gasteiger partial charge in [-0.25, -0.2) is 4.98 Å². The minimum Gasteiger partial charge on any atom is -0.367 e. The fraction of sp³-hybridized carbons (Fsp3) is 0.583. The monoisotopic (exact) mass is 235 g/mol. The van der Waals surface area contributed by atoms with E-state index in [0.29, 0.717) is 11.9 Å². The van der Waals surface area contributed by atoms with Crippen LogP contribution in [0.3, 0.4) is 0 Å². The molecule has 0 aliphatic heterocycles. The average molecular weight is 235 g/mol. The summed E-state index contributed by atoms with van der Waals surface area (Å²) in [6, 6.07) is 3.25. The number of nitro groups is 1. The molecule has 2 rings (SSSR count). The van der Waals surface area contributed by atoms with Gasteiger partial charge >= 0.3 is 0 Å². The van der Waals surface area contributed by atoms with Crippen molar-refractivity contribution in [3.8, 4) is 0 Å². The second-order valence-corrected chi connectivity index (χ2v) is 5.23. The van der Waals surface area contributed by atoms with Crippen LogP contribution < -0.4 is 5.32 Å². The lowest BCUT2D eigenvalue weighted by Crippen LogP contribution is -2.31. The SMILES string of the molecule is CC1(C)CCCC1Nc1cc([N+](=O)[O-])ccn1. The highest BCUT2D eigenvalue weighted by Crippen LogP contribution is 2.38. The van der Waals surface area contributed by atoms with Crippen LogP contribution in [0.2, 0.25) is 0 Å². The maximum Gasteiger partial charge on any atom is 0.274 e. The van der Waals surface area contributed by atoms with Crippen molar-refractivity contribution in [2.45, 2.75) is 39.2 Å². The third-order valence-electron chi connectivity index (χ3n) is 3.53. The second-order valence-electron chi connectivity index (χ2n) is 5.23. The molecule has 0 aromatic carbocycles. The van der Waals surface area contributed by atoms with Crippen LogP contribution in [0.25, 0.3) is 0 Å². The van der Waals surface area contributed by atoms with E-state index >= 15 is 0 Å². The number of hydrogen-bond acceptors (Lipinski definition) is 4. The highest BCUT2D eigenvalue weighted by molar-refractivity contribution is 5.45. The summed E-state index contributed by atoms with van der Waals surface area (Å²) in [5.41, 5.74) is 0.310. The number of rotatable bonds is 3. The first kappa shape index (κ1) is 11.8. The Balaban J connectivity index is 2.13. The Bertz CT molecular complexity index is 432. The molecule has 5 nitrogen and oxygen atoms in total. The Kier molecular flexibility index (Phi) is 3.00. The van der Waals surface area contributed by atoms with Crippen molar-refractivity contribution in [3.63, 3.8) is 0 Å². The summed E-state index contributed by atoms with van der Waals surface area (Å²) in [4.78, 5) is 14.4. The zero-order chi connectivity index (χ0) is 12.5. The molecule has 1 aliphatic rings. The Morgan fingerprint density at radius 1 is 1.59 bits per heavy atom. The van der Waals surface area contributed by atoms with Crippen molar-refractivity contribution < 1.29 is 4.92 Å². The molecule has 0 radical (unpaired) electrons. The maximum atomic E-state index is 10.7. The van der Waals surface area contributed by atoms with Crippen LogP contribution in [0.4, 0.5) is 11.5 Å². The van der Waals surface area contributed by atoms with Gasteiger partial charge in [0.15, 0.2) is 0 Å². The molecule has 5 heteroatoms. The van der Waals surface area contributed by atoms with Crippen molar-refractivity contribution in [3.05, 3.63) is 28.4 Å². The van der Waals surface area contributed by atoms with Gasteiger partial charge in [-0.2, -0.15) is 0 Å². The van der Waals surface area contributed by atoms with E-state index in [1.165, 1.54) is 31.2 Å². The highest BCUT2D eigenvalue weighted by Gasteiger charge is 2.34. The summed E-state index contributed by atoms with van der Waals surface area (Å²) >= 11 is 0. The number of nitrogens with one attached hydrogen (secondary N) is 1. The van der Waals surface area contributed by atoms with Crippen molar-refractivity contribution in [2.75, 3.05) is 5.32 Å². The molecular weight excluding hydrogens is 218 g/mol. The fourth-order valence-electron chi connectivity index (χ4n) is 2.38. The van der Waals surface area contributed by atoms with Gasteiger partial charge in [-0.1, -0.05) is 20.3 Å². The standard InChI is InChI=1S/C12H17N3O2/c1-12(2)6-3-4-10(12)14-11-8-9(15(16)17)5-7-13-11/h5,7-8,10H,3-4,6H2,1-2H3,(H,13,14). The van der Waals surface area contributed by atoms with Gasteiger partial charge in [-0.05, 0) is 18.3 Å². The third kappa shape index (κ3) is 2.54. The van der Waals surface area contributed by atoms with E-state index in [1.807, 2.05) is 0 Å². The van der Waals surface area contributed by atoms with Crippen LogP contribution in [0.5, 0.6) is 0 Å². The van der Waals surface area contributed by atoms with E-state index in [9.17, 15) is 10.1 Å². The predicted octanol–water partition coefficient (Wildman–Crippen LogP) is 2.98. The average Bonchev–Trinajstić information content (AvgIpc) is 2.59. The van der Waals surface area contributed by atoms with Gasteiger partial charge in [0.25, 0.3) is 5.69 Å². The first-order valence-electron chi connectivity index (χ1n) is 5.86. The molecule has 1 unspecified atom stereocenters. The second kappa shape index (κ2) is 4.31. The van der Waals surface area contributed by atoms with E-state index < -0.39 is 4.92 Å². The van der Waals surface area contributed by atoms with Crippen LogP contribution in [-0.4, -0.2) is 15.9 Å². The van der Waals surface area contributed by atoms with Gasteiger partial charge in [0.05, 0.1) is 11.0 Å². The molecule has 0 spiro atoms. The summed E-state index contributed by atoms with van der Waals surface area (Å²) < 4.78 is 0. The molecule has 1 aromatic heterocycles. The lowest BCUT2D eigenvalue weighted by Gasteiger charge is -2.28. The number of hydrogen-bond donors (Lipinski definition) is 1. The van der Waals surface area contributed by atoms with E-state index in [1.54, 1.807) is 0 Å². The molecule has 92 valence electrons. The van der Waals surface area contributed by atoms with Gasteiger partial charge < -0.3 is 5.32 Å². The Hall–Kier alpha value is -1.65. The van der Waals surface area contributed by atoms with E-state index in [2.05, 4.69) is 24.1 Å². The number of nitrogens with zero attached hydrogens (tertiary/aromatic N) is 2. The molecule has 1 fully saturated rings. The molecular formula is C12H17N3O2. The normalized spacial score (nSPS) is 22.4. The minimum atomic E-state index is -0.396. The van der Waals surface area contributed by atoms with Gasteiger partial charge in [-0.3, -0.25) is 10.1 Å². The lowest BCUT2D eigenvalue weighted by atomic mass is 9.87. The van der Waals surface area contributed by atoms with Crippen LogP contribution >= 0.6 is 0 Å². The molecule has 17 heavy (non-hydrogen) atoms. The Morgan fingerprint density at radius 3 is 2.94 bits per heavy atom. The van der Waals surface area contributed by atoms with E-state index in [-0.39, 0.29) is 11.1 Å². The predicted molar refractivity (Wildman–Crippen MR) is 65.9 cm³/mol. The minimum absolute atomic E-state index is 0.0818. The number of anilines is 1. The van der Waals surface area contributed by atoms with Crippen molar-refractivity contribution in [2.24, 2.45) is 5.41 Å². The van der Waals surface area contributed by atoms with Crippen LogP contribution in [0.15, 0.2) is 18.3 Å². The molecule has 1 saturated carbocycles. The summed E-state index contributed by atoms with van der Waals surface area (Å²) in [6.07, 6.45) is 4.94. The molecule has 1 aliphatic carbocycles. The lowest BCUT2D eigenvalue weighted by molar-refractivity contribution is -0.384. The fourth-order valence-corrected chi connectivity index (χ4v) is 2.38. The van der Waals surface area contributed by atoms with Gasteiger partial charge in [-0.15, -0.1) is 0 Å². The van der Waals surface area contributed by atoms with Crippen LogP contribution in [0, 0.1) is 15.5 Å². The molecule has 0 saturated heterocycles. The smallest absolute Gasteiger partial charge is 0.274 e. The topological polar surface area (TPSA) is 68.1 Å². The van der Waals surface area contributed by atoms with Gasteiger partial charge in [0.1, 0.15) is 5.82 Å². The van der Waals surface area contributed by atoms with Crippen molar-refractivity contribution in [1.82, 2.24) is 4.98 Å². The molecule has 0 bridgehead atoms. The molecule has 1 heterocycles. The Morgan fingerprint density at radius 2 is 2.35 bits per heavy atom. The first-order chi connectivity index (χ1) is 7.99. The van der Waals surface area contributed by atoms with E-state index in [0.717, 1.165) is 6.42 Å². The van der Waals surface area contributed by atoms with E-state index in [4.69, 9.17) is 0 Å². The molecule has 0 amide bonds. The summed E-state index contributed by atoms with van der Waals surface area (Å²) in [5, 5.41) is 14.0. The van der Waals surface area contributed by atoms with Crippen molar-refractivity contribution >= 4 is 11.5 Å². The van der Waals surface area contributed by atoms with Crippen LogP contribution in [-0.2, 0) is 0 Å². The molecule has 1 aromatic rings. The van der Waals surface area contributed by atoms with Gasteiger partial charge in [0, 0.05) is 18.3 Å². The Labute approximate surface area is 100 Å². The quantitative estimate of drug-likeness (QED) is 0.646. The summed E-state index contributed by atoms with van der Waals surface area (Å²) in [5.74, 6) is 0.596. The summed E-state index contributed by atoms with van der Waals surface area (Å²) in [6.45, 7) is 4.43. The first-order valence-corrected chi connectivity index (χ1v) is 5.86. The maximum absolute atomic E-state index is 10.7. The number of pyridine rings is 1. The zero-order valence-corrected chi connectivity index (χ0v) is 10.1. The van der Waals surface area contributed by atoms with Crippen molar-refractivity contribution in [1.29, 1.82) is 0 Å². The van der Waals surface area contributed by atoms with Gasteiger partial charge in [0.2, 0.25) is 0 Å².